The van der Waals surface area contributed by atoms with E-state index in [0.29, 0.717) is 5.56 Å². The van der Waals surface area contributed by atoms with E-state index in [1.807, 2.05) is 6.07 Å². The van der Waals surface area contributed by atoms with Gasteiger partial charge in [-0.1, -0.05) is 18.2 Å². The molecule has 0 aliphatic carbocycles. The number of hydrogen-bond donors (Lipinski definition) is 2. The van der Waals surface area contributed by atoms with Crippen molar-refractivity contribution < 1.29 is 15.0 Å². The second-order valence-electron chi connectivity index (χ2n) is 3.11. The molecule has 2 N–H and O–H groups in total. The molecule has 1 aromatic carbocycles. The van der Waals surface area contributed by atoms with Gasteiger partial charge in [0, 0.05) is 18.7 Å². The van der Waals surface area contributed by atoms with Gasteiger partial charge < -0.3 is 15.1 Å². The first-order valence-corrected chi connectivity index (χ1v) is 4.85. The van der Waals surface area contributed by atoms with E-state index in [0.717, 1.165) is 0 Å². The lowest BCUT2D eigenvalue weighted by atomic mass is 10.2. The number of benzene rings is 1. The highest BCUT2D eigenvalue weighted by atomic mass is 35.5. The Bertz CT molecular complexity index is 299. The van der Waals surface area contributed by atoms with E-state index in [1.165, 1.54) is 4.90 Å². The van der Waals surface area contributed by atoms with E-state index in [1.54, 1.807) is 24.3 Å². The van der Waals surface area contributed by atoms with E-state index in [9.17, 15) is 4.79 Å². The Morgan fingerprint density at radius 2 is 1.56 bits per heavy atom. The Morgan fingerprint density at radius 3 is 2.00 bits per heavy atom. The maximum atomic E-state index is 11.8. The van der Waals surface area contributed by atoms with Gasteiger partial charge in [0.05, 0.1) is 13.2 Å². The topological polar surface area (TPSA) is 60.8 Å². The van der Waals surface area contributed by atoms with Gasteiger partial charge in [-0.2, -0.15) is 0 Å². The number of hydrogen-bond acceptors (Lipinski definition) is 3. The Balaban J connectivity index is 0.00000225. The first kappa shape index (κ1) is 14.9. The van der Waals surface area contributed by atoms with Crippen molar-refractivity contribution in [2.45, 2.75) is 0 Å². The van der Waals surface area contributed by atoms with Gasteiger partial charge in [-0.15, -0.1) is 12.4 Å². The van der Waals surface area contributed by atoms with Crippen molar-refractivity contribution in [2.75, 3.05) is 26.3 Å². The summed E-state index contributed by atoms with van der Waals surface area (Å²) in [7, 11) is 0. The normalized spacial score (nSPS) is 9.38. The fourth-order valence-electron chi connectivity index (χ4n) is 1.32. The van der Waals surface area contributed by atoms with Crippen molar-refractivity contribution in [3.8, 4) is 0 Å². The zero-order valence-corrected chi connectivity index (χ0v) is 9.69. The summed E-state index contributed by atoms with van der Waals surface area (Å²) in [6, 6.07) is 8.82. The van der Waals surface area contributed by atoms with E-state index in [-0.39, 0.29) is 44.6 Å². The standard InChI is InChI=1S/C11H15NO3.ClH/c13-8-6-12(7-9-14)11(15)10-4-2-1-3-5-10;/h1-5,13-14H,6-9H2;1H. The van der Waals surface area contributed by atoms with Crippen molar-refractivity contribution in [3.63, 3.8) is 0 Å². The lowest BCUT2D eigenvalue weighted by molar-refractivity contribution is 0.0685. The van der Waals surface area contributed by atoms with Crippen LogP contribution in [0.2, 0.25) is 0 Å². The van der Waals surface area contributed by atoms with Crippen molar-refractivity contribution in [3.05, 3.63) is 35.9 Å². The lowest BCUT2D eigenvalue weighted by Crippen LogP contribution is -2.35. The number of halogens is 1. The van der Waals surface area contributed by atoms with Crippen molar-refractivity contribution >= 4 is 18.3 Å². The van der Waals surface area contributed by atoms with Gasteiger partial charge in [-0.05, 0) is 12.1 Å². The minimum atomic E-state index is -0.168. The van der Waals surface area contributed by atoms with Crippen LogP contribution in [-0.4, -0.2) is 47.3 Å². The SMILES string of the molecule is Cl.O=C(c1ccccc1)N(CCO)CCO. The highest BCUT2D eigenvalue weighted by Gasteiger charge is 2.13. The first-order valence-electron chi connectivity index (χ1n) is 4.85. The summed E-state index contributed by atoms with van der Waals surface area (Å²) in [5.41, 5.74) is 0.569. The molecule has 0 aromatic heterocycles. The van der Waals surface area contributed by atoms with Crippen LogP contribution in [0.5, 0.6) is 0 Å². The third-order valence-electron chi connectivity index (χ3n) is 2.05. The summed E-state index contributed by atoms with van der Waals surface area (Å²) < 4.78 is 0. The van der Waals surface area contributed by atoms with Crippen LogP contribution >= 0.6 is 12.4 Å². The van der Waals surface area contributed by atoms with E-state index in [2.05, 4.69) is 0 Å². The van der Waals surface area contributed by atoms with Crippen LogP contribution in [0.3, 0.4) is 0 Å². The van der Waals surface area contributed by atoms with Gasteiger partial charge in [-0.3, -0.25) is 4.79 Å². The Hall–Kier alpha value is -1.10. The van der Waals surface area contributed by atoms with Crippen molar-refractivity contribution in [1.82, 2.24) is 4.90 Å². The van der Waals surface area contributed by atoms with Gasteiger partial charge in [0.1, 0.15) is 0 Å². The van der Waals surface area contributed by atoms with Crippen LogP contribution in [0.15, 0.2) is 30.3 Å². The largest absolute Gasteiger partial charge is 0.395 e. The predicted molar refractivity (Wildman–Crippen MR) is 63.8 cm³/mol. The summed E-state index contributed by atoms with van der Waals surface area (Å²) in [5.74, 6) is -0.168. The minimum Gasteiger partial charge on any atom is -0.395 e. The number of aliphatic hydroxyl groups excluding tert-OH is 2. The zero-order chi connectivity index (χ0) is 11.1. The molecule has 0 radical (unpaired) electrons. The number of carbonyl (C=O) groups excluding carboxylic acids is 1. The van der Waals surface area contributed by atoms with Crippen molar-refractivity contribution in [2.24, 2.45) is 0 Å². The van der Waals surface area contributed by atoms with E-state index < -0.39 is 0 Å². The third kappa shape index (κ3) is 4.18. The predicted octanol–water partition coefficient (Wildman–Crippen LogP) is 0.535. The fourth-order valence-corrected chi connectivity index (χ4v) is 1.32. The van der Waals surface area contributed by atoms with Gasteiger partial charge in [0.15, 0.2) is 0 Å². The van der Waals surface area contributed by atoms with Crippen LogP contribution in [-0.2, 0) is 0 Å². The van der Waals surface area contributed by atoms with Gasteiger partial charge >= 0.3 is 0 Å². The highest BCUT2D eigenvalue weighted by molar-refractivity contribution is 5.94. The molecule has 1 amide bonds. The number of nitrogens with zero attached hydrogens (tertiary/aromatic N) is 1. The molecule has 16 heavy (non-hydrogen) atoms. The smallest absolute Gasteiger partial charge is 0.254 e. The minimum absolute atomic E-state index is 0. The van der Waals surface area contributed by atoms with Crippen LogP contribution in [0.1, 0.15) is 10.4 Å². The Labute approximate surface area is 101 Å². The second kappa shape index (κ2) is 8.10. The molecule has 0 saturated heterocycles. The maximum absolute atomic E-state index is 11.8. The Morgan fingerprint density at radius 1 is 1.06 bits per heavy atom. The summed E-state index contributed by atoms with van der Waals surface area (Å²) in [6.45, 7) is 0.291. The molecule has 90 valence electrons. The molecule has 0 fully saturated rings. The molecule has 0 unspecified atom stereocenters. The third-order valence-corrected chi connectivity index (χ3v) is 2.05. The van der Waals surface area contributed by atoms with Gasteiger partial charge in [0.25, 0.3) is 5.91 Å². The zero-order valence-electron chi connectivity index (χ0n) is 8.87. The van der Waals surface area contributed by atoms with Gasteiger partial charge in [-0.25, -0.2) is 0 Å². The maximum Gasteiger partial charge on any atom is 0.254 e. The molecule has 1 rings (SSSR count). The quantitative estimate of drug-likeness (QED) is 0.796. The highest BCUT2D eigenvalue weighted by Crippen LogP contribution is 2.03. The molecule has 1 aromatic rings. The molecule has 4 nitrogen and oxygen atoms in total. The van der Waals surface area contributed by atoms with Gasteiger partial charge in [0.2, 0.25) is 0 Å². The number of carbonyl (C=O) groups is 1. The molecule has 0 atom stereocenters. The summed E-state index contributed by atoms with van der Waals surface area (Å²) in [6.07, 6.45) is 0. The average Bonchev–Trinajstić information content (AvgIpc) is 2.29. The molecule has 0 bridgehead atoms. The molecular weight excluding hydrogens is 230 g/mol. The first-order chi connectivity index (χ1) is 7.29. The molecule has 0 spiro atoms. The molecule has 0 aliphatic heterocycles. The summed E-state index contributed by atoms with van der Waals surface area (Å²) in [4.78, 5) is 13.3. The molecule has 0 aliphatic rings. The summed E-state index contributed by atoms with van der Waals surface area (Å²) in [5, 5.41) is 17.6. The monoisotopic (exact) mass is 245 g/mol. The van der Waals surface area contributed by atoms with E-state index >= 15 is 0 Å². The second-order valence-corrected chi connectivity index (χ2v) is 3.11. The lowest BCUT2D eigenvalue weighted by Gasteiger charge is -2.20. The van der Waals surface area contributed by atoms with Crippen LogP contribution < -0.4 is 0 Å². The summed E-state index contributed by atoms with van der Waals surface area (Å²) >= 11 is 0. The molecular formula is C11H16ClNO3. The fraction of sp³-hybridized carbons (Fsp3) is 0.364. The molecule has 0 heterocycles. The van der Waals surface area contributed by atoms with Crippen LogP contribution in [0.25, 0.3) is 0 Å². The van der Waals surface area contributed by atoms with Crippen LogP contribution in [0.4, 0.5) is 0 Å². The Kier molecular flexibility index (Phi) is 7.54. The van der Waals surface area contributed by atoms with Crippen molar-refractivity contribution in [1.29, 1.82) is 0 Å². The average molecular weight is 246 g/mol. The van der Waals surface area contributed by atoms with Crippen LogP contribution in [0, 0.1) is 0 Å². The molecule has 5 heteroatoms. The molecule has 0 saturated carbocycles. The number of rotatable bonds is 5. The van der Waals surface area contributed by atoms with E-state index in [4.69, 9.17) is 10.2 Å². The number of amides is 1. The number of aliphatic hydroxyl groups is 2.